The summed E-state index contributed by atoms with van der Waals surface area (Å²) in [6, 6.07) is 17.9. The monoisotopic (exact) mass is 351 g/mol. The molecule has 4 nitrogen and oxygen atoms in total. The molecule has 1 aliphatic rings. The van der Waals surface area contributed by atoms with Gasteiger partial charge in [-0.25, -0.2) is 9.69 Å². The van der Waals surface area contributed by atoms with Crippen LogP contribution in [0.1, 0.15) is 42.4 Å². The molecule has 2 atom stereocenters. The SMILES string of the molecule is CC[C@H](CC(=O)N1C(=O)OCC1Cc1ccccc1)c1cccc(C)c1. The van der Waals surface area contributed by atoms with Crippen molar-refractivity contribution in [2.45, 2.75) is 45.1 Å². The van der Waals surface area contributed by atoms with Crippen molar-refractivity contribution in [2.75, 3.05) is 6.61 Å². The van der Waals surface area contributed by atoms with Gasteiger partial charge in [-0.05, 0) is 36.8 Å². The average Bonchev–Trinajstić information content (AvgIpc) is 3.00. The maximum absolute atomic E-state index is 12.9. The lowest BCUT2D eigenvalue weighted by Gasteiger charge is -2.23. The van der Waals surface area contributed by atoms with Gasteiger partial charge in [0.1, 0.15) is 6.61 Å². The van der Waals surface area contributed by atoms with E-state index in [0.29, 0.717) is 12.8 Å². The molecule has 0 N–H and O–H groups in total. The summed E-state index contributed by atoms with van der Waals surface area (Å²) < 4.78 is 5.18. The first-order valence-corrected chi connectivity index (χ1v) is 9.17. The van der Waals surface area contributed by atoms with Crippen molar-refractivity contribution < 1.29 is 14.3 Å². The number of aryl methyl sites for hydroxylation is 1. The topological polar surface area (TPSA) is 46.6 Å². The maximum Gasteiger partial charge on any atom is 0.416 e. The Morgan fingerprint density at radius 2 is 1.96 bits per heavy atom. The lowest BCUT2D eigenvalue weighted by Crippen LogP contribution is -2.40. The van der Waals surface area contributed by atoms with Crippen molar-refractivity contribution in [3.8, 4) is 0 Å². The number of rotatable bonds is 6. The molecule has 0 bridgehead atoms. The molecule has 0 aromatic heterocycles. The average molecular weight is 351 g/mol. The van der Waals surface area contributed by atoms with Crippen LogP contribution in [-0.4, -0.2) is 29.5 Å². The zero-order valence-corrected chi connectivity index (χ0v) is 15.4. The molecular formula is C22H25NO3. The fraction of sp³-hybridized carbons (Fsp3) is 0.364. The van der Waals surface area contributed by atoms with Crippen LogP contribution in [0.5, 0.6) is 0 Å². The molecule has 2 aromatic rings. The zero-order chi connectivity index (χ0) is 18.5. The van der Waals surface area contributed by atoms with Crippen LogP contribution in [0.15, 0.2) is 54.6 Å². The van der Waals surface area contributed by atoms with Gasteiger partial charge in [-0.1, -0.05) is 67.1 Å². The summed E-state index contributed by atoms with van der Waals surface area (Å²) in [5, 5.41) is 0. The third kappa shape index (κ3) is 4.13. The van der Waals surface area contributed by atoms with Crippen LogP contribution in [0.2, 0.25) is 0 Å². The summed E-state index contributed by atoms with van der Waals surface area (Å²) in [6.07, 6.45) is 1.27. The molecule has 1 saturated heterocycles. The number of benzene rings is 2. The van der Waals surface area contributed by atoms with Gasteiger partial charge >= 0.3 is 6.09 Å². The number of ether oxygens (including phenoxy) is 1. The van der Waals surface area contributed by atoms with E-state index in [-0.39, 0.29) is 24.5 Å². The van der Waals surface area contributed by atoms with Crippen molar-refractivity contribution in [1.82, 2.24) is 4.90 Å². The van der Waals surface area contributed by atoms with Crippen molar-refractivity contribution in [3.05, 3.63) is 71.3 Å². The van der Waals surface area contributed by atoms with Crippen LogP contribution in [0, 0.1) is 6.92 Å². The molecule has 1 fully saturated rings. The highest BCUT2D eigenvalue weighted by Crippen LogP contribution is 2.27. The Labute approximate surface area is 154 Å². The first-order chi connectivity index (χ1) is 12.6. The van der Waals surface area contributed by atoms with E-state index in [2.05, 4.69) is 19.1 Å². The van der Waals surface area contributed by atoms with Crippen LogP contribution in [0.25, 0.3) is 0 Å². The third-order valence-electron chi connectivity index (χ3n) is 4.97. The largest absolute Gasteiger partial charge is 0.447 e. The number of hydrogen-bond donors (Lipinski definition) is 0. The Morgan fingerprint density at radius 3 is 2.65 bits per heavy atom. The number of amides is 2. The van der Waals surface area contributed by atoms with Gasteiger partial charge < -0.3 is 4.74 Å². The molecule has 0 saturated carbocycles. The molecule has 2 amide bonds. The van der Waals surface area contributed by atoms with Crippen LogP contribution >= 0.6 is 0 Å². The summed E-state index contributed by atoms with van der Waals surface area (Å²) in [4.78, 5) is 26.4. The molecule has 1 heterocycles. The number of carbonyl (C=O) groups excluding carboxylic acids is 2. The van der Waals surface area contributed by atoms with Gasteiger partial charge in [0, 0.05) is 6.42 Å². The molecule has 1 unspecified atom stereocenters. The third-order valence-corrected chi connectivity index (χ3v) is 4.97. The van der Waals surface area contributed by atoms with E-state index < -0.39 is 6.09 Å². The van der Waals surface area contributed by atoms with Crippen molar-refractivity contribution >= 4 is 12.0 Å². The second kappa shape index (κ2) is 8.17. The van der Waals surface area contributed by atoms with Crippen molar-refractivity contribution in [1.29, 1.82) is 0 Å². The Morgan fingerprint density at radius 1 is 1.19 bits per heavy atom. The standard InChI is InChI=1S/C22H25NO3/c1-3-18(19-11-7-8-16(2)12-19)14-21(24)23-20(15-26-22(23)25)13-17-9-5-4-6-10-17/h4-12,18,20H,3,13-15H2,1-2H3/t18-,20?/m1/s1. The molecule has 136 valence electrons. The lowest BCUT2D eigenvalue weighted by atomic mass is 9.91. The first-order valence-electron chi connectivity index (χ1n) is 9.17. The molecule has 2 aromatic carbocycles. The van der Waals surface area contributed by atoms with Crippen LogP contribution in [0.4, 0.5) is 4.79 Å². The zero-order valence-electron chi connectivity index (χ0n) is 15.4. The second-order valence-electron chi connectivity index (χ2n) is 6.91. The van der Waals surface area contributed by atoms with Gasteiger partial charge in [-0.2, -0.15) is 0 Å². The van der Waals surface area contributed by atoms with Gasteiger partial charge in [0.25, 0.3) is 0 Å². The second-order valence-corrected chi connectivity index (χ2v) is 6.91. The van der Waals surface area contributed by atoms with E-state index in [4.69, 9.17) is 4.74 Å². The lowest BCUT2D eigenvalue weighted by molar-refractivity contribution is -0.129. The minimum atomic E-state index is -0.518. The number of imide groups is 1. The van der Waals surface area contributed by atoms with E-state index in [1.54, 1.807) is 0 Å². The first kappa shape index (κ1) is 18.2. The minimum absolute atomic E-state index is 0.105. The molecule has 3 rings (SSSR count). The molecule has 0 aliphatic carbocycles. The summed E-state index contributed by atoms with van der Waals surface area (Å²) in [5.41, 5.74) is 3.42. The summed E-state index contributed by atoms with van der Waals surface area (Å²) in [6.45, 7) is 4.39. The molecular weight excluding hydrogens is 326 g/mol. The highest BCUT2D eigenvalue weighted by molar-refractivity contribution is 5.94. The Bertz CT molecular complexity index is 772. The van der Waals surface area contributed by atoms with Gasteiger partial charge in [0.15, 0.2) is 0 Å². The highest BCUT2D eigenvalue weighted by Gasteiger charge is 2.38. The molecule has 0 radical (unpaired) electrons. The summed E-state index contributed by atoms with van der Waals surface area (Å²) in [7, 11) is 0. The van der Waals surface area contributed by atoms with E-state index >= 15 is 0 Å². The van der Waals surface area contributed by atoms with E-state index in [9.17, 15) is 9.59 Å². The normalized spacial score (nSPS) is 17.8. The minimum Gasteiger partial charge on any atom is -0.447 e. The van der Waals surface area contributed by atoms with Crippen molar-refractivity contribution in [3.63, 3.8) is 0 Å². The van der Waals surface area contributed by atoms with Crippen LogP contribution < -0.4 is 0 Å². The fourth-order valence-corrected chi connectivity index (χ4v) is 3.53. The van der Waals surface area contributed by atoms with Crippen LogP contribution in [0.3, 0.4) is 0 Å². The Hall–Kier alpha value is -2.62. The smallest absolute Gasteiger partial charge is 0.416 e. The molecule has 1 aliphatic heterocycles. The van der Waals surface area contributed by atoms with Crippen molar-refractivity contribution in [2.24, 2.45) is 0 Å². The summed E-state index contributed by atoms with van der Waals surface area (Å²) in [5.74, 6) is -0.0463. The quantitative estimate of drug-likeness (QED) is 0.771. The van der Waals surface area contributed by atoms with Gasteiger partial charge in [-0.3, -0.25) is 4.79 Å². The van der Waals surface area contributed by atoms with Gasteiger partial charge in [0.05, 0.1) is 6.04 Å². The number of nitrogens with zero attached hydrogens (tertiary/aromatic N) is 1. The van der Waals surface area contributed by atoms with E-state index in [0.717, 1.165) is 17.5 Å². The fourth-order valence-electron chi connectivity index (χ4n) is 3.53. The van der Waals surface area contributed by atoms with Gasteiger partial charge in [-0.15, -0.1) is 0 Å². The predicted molar refractivity (Wildman–Crippen MR) is 101 cm³/mol. The number of cyclic esters (lactones) is 1. The molecule has 4 heteroatoms. The molecule has 0 spiro atoms. The van der Waals surface area contributed by atoms with E-state index in [1.165, 1.54) is 10.5 Å². The summed E-state index contributed by atoms with van der Waals surface area (Å²) >= 11 is 0. The molecule has 26 heavy (non-hydrogen) atoms. The number of hydrogen-bond acceptors (Lipinski definition) is 3. The maximum atomic E-state index is 12.9. The predicted octanol–water partition coefficient (Wildman–Crippen LogP) is 4.47. The van der Waals surface area contributed by atoms with E-state index in [1.807, 2.05) is 49.4 Å². The number of carbonyl (C=O) groups is 2. The van der Waals surface area contributed by atoms with Gasteiger partial charge in [0.2, 0.25) is 5.91 Å². The van der Waals surface area contributed by atoms with Crippen LogP contribution in [-0.2, 0) is 16.0 Å². The Balaban J connectivity index is 1.72. The Kier molecular flexibility index (Phi) is 5.71. The highest BCUT2D eigenvalue weighted by atomic mass is 16.6.